The van der Waals surface area contributed by atoms with Crippen LogP contribution in [0.1, 0.15) is 19.0 Å². The van der Waals surface area contributed by atoms with E-state index in [2.05, 4.69) is 46.5 Å². The van der Waals surface area contributed by atoms with Crippen molar-refractivity contribution in [2.45, 2.75) is 25.2 Å². The summed E-state index contributed by atoms with van der Waals surface area (Å²) >= 11 is 1.81. The van der Waals surface area contributed by atoms with Crippen molar-refractivity contribution >= 4 is 17.7 Å². The smallest absolute Gasteiger partial charge is 0.226 e. The zero-order valence-electron chi connectivity index (χ0n) is 12.5. The molecule has 0 saturated heterocycles. The van der Waals surface area contributed by atoms with Gasteiger partial charge in [0.2, 0.25) is 11.8 Å². The molecule has 0 aliphatic rings. The Morgan fingerprint density at radius 1 is 1.19 bits per heavy atom. The first-order valence-electron chi connectivity index (χ1n) is 7.18. The van der Waals surface area contributed by atoms with Crippen LogP contribution in [0.4, 0.5) is 5.95 Å². The van der Waals surface area contributed by atoms with E-state index in [1.807, 2.05) is 30.8 Å². The molecule has 2 aromatic rings. The lowest BCUT2D eigenvalue weighted by Crippen LogP contribution is -2.09. The van der Waals surface area contributed by atoms with Gasteiger partial charge in [0.15, 0.2) is 0 Å². The predicted molar refractivity (Wildman–Crippen MR) is 88.2 cm³/mol. The molecule has 0 saturated carbocycles. The first-order valence-corrected chi connectivity index (χ1v) is 8.16. The number of hydrogen-bond donors (Lipinski definition) is 1. The number of benzene rings is 1. The van der Waals surface area contributed by atoms with Crippen LogP contribution >= 0.6 is 11.8 Å². The second-order valence-corrected chi connectivity index (χ2v) is 5.78. The summed E-state index contributed by atoms with van der Waals surface area (Å²) in [6, 6.07) is 12.2. The zero-order chi connectivity index (χ0) is 14.9. The van der Waals surface area contributed by atoms with Gasteiger partial charge in [-0.05, 0) is 25.5 Å². The summed E-state index contributed by atoms with van der Waals surface area (Å²) in [5, 5.41) is 3.25. The van der Waals surface area contributed by atoms with Gasteiger partial charge in [0.05, 0.1) is 6.61 Å². The maximum atomic E-state index is 5.56. The molecule has 5 heteroatoms. The topological polar surface area (TPSA) is 47.0 Å². The molecule has 0 unspecified atom stereocenters. The molecule has 1 aromatic heterocycles. The van der Waals surface area contributed by atoms with Gasteiger partial charge >= 0.3 is 0 Å². The van der Waals surface area contributed by atoms with E-state index in [-0.39, 0.29) is 0 Å². The molecule has 0 spiro atoms. The van der Waals surface area contributed by atoms with Gasteiger partial charge in [-0.1, -0.05) is 25.1 Å². The van der Waals surface area contributed by atoms with Gasteiger partial charge in [0.1, 0.15) is 0 Å². The van der Waals surface area contributed by atoms with Crippen molar-refractivity contribution in [3.63, 3.8) is 0 Å². The average molecular weight is 303 g/mol. The highest BCUT2D eigenvalue weighted by Crippen LogP contribution is 2.17. The summed E-state index contributed by atoms with van der Waals surface area (Å²) in [5.74, 6) is 2.24. The standard InChI is InChI=1S/C16H21N3OS/c1-3-10-20-15-12-13(2)18-16(19-15)17-9-11-21-14-7-5-4-6-8-14/h4-8,12H,3,9-11H2,1-2H3,(H,17,18,19). The van der Waals surface area contributed by atoms with Crippen molar-refractivity contribution < 1.29 is 4.74 Å². The fourth-order valence-electron chi connectivity index (χ4n) is 1.75. The Bertz CT molecular complexity index is 548. The predicted octanol–water partition coefficient (Wildman–Crippen LogP) is 3.78. The Labute approximate surface area is 130 Å². The third-order valence-corrected chi connectivity index (χ3v) is 3.70. The van der Waals surface area contributed by atoms with Crippen LogP contribution in [0, 0.1) is 6.92 Å². The van der Waals surface area contributed by atoms with E-state index < -0.39 is 0 Å². The highest BCUT2D eigenvalue weighted by atomic mass is 32.2. The molecule has 1 heterocycles. The Hall–Kier alpha value is -1.75. The summed E-state index contributed by atoms with van der Waals surface area (Å²) in [5.41, 5.74) is 0.911. The second kappa shape index (κ2) is 8.52. The summed E-state index contributed by atoms with van der Waals surface area (Å²) in [7, 11) is 0. The average Bonchev–Trinajstić information content (AvgIpc) is 2.50. The lowest BCUT2D eigenvalue weighted by Gasteiger charge is -2.08. The van der Waals surface area contributed by atoms with Crippen LogP contribution in [0.2, 0.25) is 0 Å². The van der Waals surface area contributed by atoms with Crippen LogP contribution in [0.5, 0.6) is 5.88 Å². The maximum Gasteiger partial charge on any atom is 0.226 e. The third kappa shape index (κ3) is 5.63. The van der Waals surface area contributed by atoms with E-state index in [9.17, 15) is 0 Å². The number of hydrogen-bond acceptors (Lipinski definition) is 5. The van der Waals surface area contributed by atoms with Crippen molar-refractivity contribution in [1.29, 1.82) is 0 Å². The van der Waals surface area contributed by atoms with E-state index in [1.54, 1.807) is 0 Å². The lowest BCUT2D eigenvalue weighted by molar-refractivity contribution is 0.305. The van der Waals surface area contributed by atoms with Crippen LogP contribution in [-0.2, 0) is 0 Å². The fraction of sp³-hybridized carbons (Fsp3) is 0.375. The lowest BCUT2D eigenvalue weighted by atomic mass is 10.4. The molecule has 0 aliphatic carbocycles. The minimum atomic E-state index is 0.634. The molecule has 21 heavy (non-hydrogen) atoms. The van der Waals surface area contributed by atoms with Crippen molar-refractivity contribution in [3.8, 4) is 5.88 Å². The first kappa shape index (κ1) is 15.6. The molecule has 0 fully saturated rings. The van der Waals surface area contributed by atoms with Crippen molar-refractivity contribution in [2.24, 2.45) is 0 Å². The van der Waals surface area contributed by atoms with Crippen molar-refractivity contribution in [3.05, 3.63) is 42.1 Å². The molecular formula is C16H21N3OS. The van der Waals surface area contributed by atoms with E-state index in [0.29, 0.717) is 18.4 Å². The van der Waals surface area contributed by atoms with Crippen molar-refractivity contribution in [1.82, 2.24) is 9.97 Å². The highest BCUT2D eigenvalue weighted by molar-refractivity contribution is 7.99. The molecule has 2 rings (SSSR count). The molecular weight excluding hydrogens is 282 g/mol. The molecule has 112 valence electrons. The number of aromatic nitrogens is 2. The first-order chi connectivity index (χ1) is 10.3. The van der Waals surface area contributed by atoms with Gasteiger partial charge in [-0.2, -0.15) is 4.98 Å². The van der Waals surface area contributed by atoms with Crippen LogP contribution in [-0.4, -0.2) is 28.9 Å². The second-order valence-electron chi connectivity index (χ2n) is 4.61. The van der Waals surface area contributed by atoms with Crippen LogP contribution in [0.3, 0.4) is 0 Å². The number of thioether (sulfide) groups is 1. The normalized spacial score (nSPS) is 10.4. The molecule has 0 aliphatic heterocycles. The third-order valence-electron chi connectivity index (χ3n) is 2.68. The van der Waals surface area contributed by atoms with Gasteiger partial charge in [0.25, 0.3) is 0 Å². The number of nitrogens with one attached hydrogen (secondary N) is 1. The Morgan fingerprint density at radius 3 is 2.76 bits per heavy atom. The molecule has 0 bridgehead atoms. The minimum Gasteiger partial charge on any atom is -0.478 e. The van der Waals surface area contributed by atoms with E-state index in [1.165, 1.54) is 4.90 Å². The van der Waals surface area contributed by atoms with E-state index in [4.69, 9.17) is 4.74 Å². The van der Waals surface area contributed by atoms with Crippen LogP contribution in [0.25, 0.3) is 0 Å². The van der Waals surface area contributed by atoms with Gasteiger partial charge < -0.3 is 10.1 Å². The molecule has 1 aromatic carbocycles. The Morgan fingerprint density at radius 2 is 2.00 bits per heavy atom. The number of anilines is 1. The van der Waals surface area contributed by atoms with E-state index in [0.717, 1.165) is 24.4 Å². The fourth-order valence-corrected chi connectivity index (χ4v) is 2.54. The number of rotatable bonds is 8. The quantitative estimate of drug-likeness (QED) is 0.594. The Balaban J connectivity index is 1.81. The van der Waals surface area contributed by atoms with Gasteiger partial charge in [-0.25, -0.2) is 4.98 Å². The molecule has 0 atom stereocenters. The molecule has 0 amide bonds. The number of ether oxygens (including phenoxy) is 1. The molecule has 4 nitrogen and oxygen atoms in total. The number of nitrogens with zero attached hydrogens (tertiary/aromatic N) is 2. The molecule has 1 N–H and O–H groups in total. The number of aryl methyl sites for hydroxylation is 1. The maximum absolute atomic E-state index is 5.56. The minimum absolute atomic E-state index is 0.634. The van der Waals surface area contributed by atoms with E-state index >= 15 is 0 Å². The van der Waals surface area contributed by atoms with Gasteiger partial charge in [0, 0.05) is 29.0 Å². The monoisotopic (exact) mass is 303 g/mol. The van der Waals surface area contributed by atoms with Crippen LogP contribution in [0.15, 0.2) is 41.3 Å². The zero-order valence-corrected chi connectivity index (χ0v) is 13.3. The summed E-state index contributed by atoms with van der Waals surface area (Å²) in [6.07, 6.45) is 0.972. The highest BCUT2D eigenvalue weighted by Gasteiger charge is 2.02. The van der Waals surface area contributed by atoms with Gasteiger partial charge in [-0.15, -0.1) is 11.8 Å². The largest absolute Gasteiger partial charge is 0.478 e. The van der Waals surface area contributed by atoms with Gasteiger partial charge in [-0.3, -0.25) is 0 Å². The Kier molecular flexibility index (Phi) is 6.34. The van der Waals surface area contributed by atoms with Crippen LogP contribution < -0.4 is 10.1 Å². The SMILES string of the molecule is CCCOc1cc(C)nc(NCCSc2ccccc2)n1. The van der Waals surface area contributed by atoms with Crippen molar-refractivity contribution in [2.75, 3.05) is 24.2 Å². The summed E-state index contributed by atoms with van der Waals surface area (Å²) in [6.45, 7) is 5.52. The summed E-state index contributed by atoms with van der Waals surface area (Å²) in [4.78, 5) is 10.0. The molecule has 0 radical (unpaired) electrons. The summed E-state index contributed by atoms with van der Waals surface area (Å²) < 4.78 is 5.56.